The van der Waals surface area contributed by atoms with Gasteiger partial charge in [-0.3, -0.25) is 19.6 Å². The third-order valence-corrected chi connectivity index (χ3v) is 2.86. The fourth-order valence-electron chi connectivity index (χ4n) is 1.78. The lowest BCUT2D eigenvalue weighted by molar-refractivity contribution is -0.386. The van der Waals surface area contributed by atoms with E-state index in [0.29, 0.717) is 0 Å². The summed E-state index contributed by atoms with van der Waals surface area (Å²) in [4.78, 5) is 32.7. The molecule has 0 fully saturated rings. The van der Waals surface area contributed by atoms with Crippen molar-refractivity contribution in [3.8, 4) is 0 Å². The molecule has 0 saturated carbocycles. The van der Waals surface area contributed by atoms with Crippen LogP contribution in [-0.4, -0.2) is 51.4 Å². The molecule has 0 aromatic carbocycles. The van der Waals surface area contributed by atoms with Crippen molar-refractivity contribution in [2.75, 3.05) is 13.7 Å². The molecule has 1 rings (SSSR count). The average Bonchev–Trinajstić information content (AvgIpc) is 2.64. The van der Waals surface area contributed by atoms with E-state index in [4.69, 9.17) is 5.11 Å². The van der Waals surface area contributed by atoms with E-state index < -0.39 is 22.9 Å². The predicted octanol–water partition coefficient (Wildman–Crippen LogP) is -0.376. The first-order valence-corrected chi connectivity index (χ1v) is 5.98. The predicted molar refractivity (Wildman–Crippen MR) is 69.8 cm³/mol. The normalized spacial score (nSPS) is 12.0. The summed E-state index contributed by atoms with van der Waals surface area (Å²) in [6.45, 7) is 2.52. The van der Waals surface area contributed by atoms with Crippen molar-refractivity contribution in [1.29, 1.82) is 0 Å². The number of carboxylic acids is 1. The first-order valence-electron chi connectivity index (χ1n) is 5.98. The van der Waals surface area contributed by atoms with Crippen LogP contribution < -0.4 is 5.32 Å². The second-order valence-electron chi connectivity index (χ2n) is 4.30. The van der Waals surface area contributed by atoms with Crippen LogP contribution in [0.15, 0.2) is 0 Å². The van der Waals surface area contributed by atoms with Gasteiger partial charge in [0, 0.05) is 7.11 Å². The first-order chi connectivity index (χ1) is 9.77. The third-order valence-electron chi connectivity index (χ3n) is 2.86. The van der Waals surface area contributed by atoms with Gasteiger partial charge in [0.2, 0.25) is 5.91 Å². The molecule has 1 amide bonds. The number of methoxy groups -OCH3 is 1. The Bertz CT molecular complexity index is 567. The summed E-state index contributed by atoms with van der Waals surface area (Å²) in [6, 6.07) is 0. The highest BCUT2D eigenvalue weighted by atomic mass is 16.6. The summed E-state index contributed by atoms with van der Waals surface area (Å²) in [5, 5.41) is 25.9. The Hall–Kier alpha value is -2.49. The van der Waals surface area contributed by atoms with E-state index in [1.54, 1.807) is 0 Å². The molecule has 0 aliphatic carbocycles. The Morgan fingerprint density at radius 1 is 1.52 bits per heavy atom. The number of hydrogen-bond donors (Lipinski definition) is 2. The largest absolute Gasteiger partial charge is 0.479 e. The number of carboxylic acid groups (broad SMARTS) is 1. The van der Waals surface area contributed by atoms with Crippen LogP contribution in [0.25, 0.3) is 0 Å². The maximum absolute atomic E-state index is 11.7. The Labute approximate surface area is 119 Å². The minimum atomic E-state index is -1.19. The van der Waals surface area contributed by atoms with Crippen molar-refractivity contribution in [2.24, 2.45) is 0 Å². The Balaban J connectivity index is 2.70. The van der Waals surface area contributed by atoms with Gasteiger partial charge in [-0.2, -0.15) is 5.10 Å². The molecule has 2 N–H and O–H groups in total. The van der Waals surface area contributed by atoms with E-state index in [0.717, 1.165) is 0 Å². The van der Waals surface area contributed by atoms with Crippen molar-refractivity contribution in [3.63, 3.8) is 0 Å². The van der Waals surface area contributed by atoms with Crippen LogP contribution >= 0.6 is 0 Å². The highest BCUT2D eigenvalue weighted by Crippen LogP contribution is 2.21. The molecule has 0 aliphatic heterocycles. The third kappa shape index (κ3) is 3.99. The average molecular weight is 300 g/mol. The molecule has 10 nitrogen and oxygen atoms in total. The van der Waals surface area contributed by atoms with Crippen LogP contribution in [0, 0.1) is 24.0 Å². The Morgan fingerprint density at radius 3 is 2.57 bits per heavy atom. The van der Waals surface area contributed by atoms with Gasteiger partial charge in [0.1, 0.15) is 17.9 Å². The molecule has 10 heteroatoms. The van der Waals surface area contributed by atoms with Gasteiger partial charge in [-0.15, -0.1) is 0 Å². The van der Waals surface area contributed by atoms with Gasteiger partial charge in [-0.1, -0.05) is 0 Å². The van der Waals surface area contributed by atoms with Gasteiger partial charge in [-0.05, 0) is 13.8 Å². The van der Waals surface area contributed by atoms with Crippen LogP contribution in [0.2, 0.25) is 0 Å². The lowest BCUT2D eigenvalue weighted by Gasteiger charge is -2.11. The van der Waals surface area contributed by atoms with E-state index >= 15 is 0 Å². The fourth-order valence-corrected chi connectivity index (χ4v) is 1.78. The number of amides is 1. The number of ether oxygens (including phenoxy) is 1. The number of carbonyl (C=O) groups is 2. The molecule has 21 heavy (non-hydrogen) atoms. The topological polar surface area (TPSA) is 137 Å². The quantitative estimate of drug-likeness (QED) is 0.517. The lowest BCUT2D eigenvalue weighted by atomic mass is 10.3. The van der Waals surface area contributed by atoms with Gasteiger partial charge < -0.3 is 15.2 Å². The number of nitro groups is 1. The molecule has 1 aromatic heterocycles. The molecule has 0 bridgehead atoms. The number of nitrogens with one attached hydrogen (secondary N) is 1. The molecule has 1 aromatic rings. The zero-order valence-electron chi connectivity index (χ0n) is 11.8. The molecule has 0 spiro atoms. The van der Waals surface area contributed by atoms with Crippen molar-refractivity contribution in [2.45, 2.75) is 26.5 Å². The highest BCUT2D eigenvalue weighted by Gasteiger charge is 2.23. The standard InChI is InChI=1S/C11H16N4O6/c1-6-10(15(19)20)7(2)14(13-6)5-9(16)12-4-8(21-3)11(17)18/h8H,4-5H2,1-3H3,(H,12,16)(H,17,18). The maximum Gasteiger partial charge on any atom is 0.334 e. The first kappa shape index (κ1) is 16.6. The van der Waals surface area contributed by atoms with Gasteiger partial charge in [0.15, 0.2) is 6.10 Å². The second-order valence-corrected chi connectivity index (χ2v) is 4.30. The van der Waals surface area contributed by atoms with Crippen molar-refractivity contribution in [1.82, 2.24) is 15.1 Å². The summed E-state index contributed by atoms with van der Waals surface area (Å²) in [7, 11) is 1.22. The van der Waals surface area contributed by atoms with E-state index in [-0.39, 0.29) is 30.2 Å². The molecular formula is C11H16N4O6. The minimum Gasteiger partial charge on any atom is -0.479 e. The van der Waals surface area contributed by atoms with Crippen molar-refractivity contribution in [3.05, 3.63) is 21.5 Å². The van der Waals surface area contributed by atoms with Crippen LogP contribution in [0.1, 0.15) is 11.4 Å². The second kappa shape index (κ2) is 6.79. The molecule has 0 radical (unpaired) electrons. The van der Waals surface area contributed by atoms with Crippen molar-refractivity contribution < 1.29 is 24.4 Å². The lowest BCUT2D eigenvalue weighted by Crippen LogP contribution is -2.39. The molecule has 0 saturated heterocycles. The summed E-state index contributed by atoms with van der Waals surface area (Å²) in [5.41, 5.74) is 0.336. The minimum absolute atomic E-state index is 0.136. The fraction of sp³-hybridized carbons (Fsp3) is 0.545. The van der Waals surface area contributed by atoms with Gasteiger partial charge in [0.05, 0.1) is 11.5 Å². The SMILES string of the molecule is COC(CNC(=O)Cn1nc(C)c([N+](=O)[O-])c1C)C(=O)O. The number of aryl methyl sites for hydroxylation is 1. The summed E-state index contributed by atoms with van der Waals surface area (Å²) in [6.07, 6.45) is -1.15. The summed E-state index contributed by atoms with van der Waals surface area (Å²) >= 11 is 0. The number of nitrogens with zero attached hydrogens (tertiary/aromatic N) is 3. The van der Waals surface area contributed by atoms with E-state index in [1.807, 2.05) is 0 Å². The van der Waals surface area contributed by atoms with Crippen LogP contribution in [-0.2, 0) is 20.9 Å². The molecular weight excluding hydrogens is 284 g/mol. The van der Waals surface area contributed by atoms with Gasteiger partial charge >= 0.3 is 11.7 Å². The molecule has 116 valence electrons. The van der Waals surface area contributed by atoms with E-state index in [9.17, 15) is 19.7 Å². The number of rotatable bonds is 7. The number of carbonyl (C=O) groups excluding carboxylic acids is 1. The Morgan fingerprint density at radius 2 is 2.14 bits per heavy atom. The van der Waals surface area contributed by atoms with E-state index in [2.05, 4.69) is 15.2 Å². The Kier molecular flexibility index (Phi) is 5.36. The van der Waals surface area contributed by atoms with Crippen molar-refractivity contribution >= 4 is 17.6 Å². The zero-order valence-corrected chi connectivity index (χ0v) is 11.8. The molecule has 1 heterocycles. The molecule has 1 unspecified atom stereocenters. The number of aliphatic carboxylic acids is 1. The number of aromatic nitrogens is 2. The van der Waals surface area contributed by atoms with Gasteiger partial charge in [-0.25, -0.2) is 4.79 Å². The van der Waals surface area contributed by atoms with Crippen LogP contribution in [0.3, 0.4) is 0 Å². The monoisotopic (exact) mass is 300 g/mol. The summed E-state index contributed by atoms with van der Waals surface area (Å²) < 4.78 is 5.86. The maximum atomic E-state index is 11.7. The molecule has 0 aliphatic rings. The van der Waals surface area contributed by atoms with Gasteiger partial charge in [0.25, 0.3) is 0 Å². The summed E-state index contributed by atoms with van der Waals surface area (Å²) in [5.74, 6) is -1.71. The number of hydrogen-bond acceptors (Lipinski definition) is 6. The molecule has 1 atom stereocenters. The van der Waals surface area contributed by atoms with E-state index in [1.165, 1.54) is 25.6 Å². The smallest absolute Gasteiger partial charge is 0.334 e. The van der Waals surface area contributed by atoms with Crippen LogP contribution in [0.5, 0.6) is 0 Å². The van der Waals surface area contributed by atoms with Crippen LogP contribution in [0.4, 0.5) is 5.69 Å². The zero-order chi connectivity index (χ0) is 16.2. The highest BCUT2D eigenvalue weighted by molar-refractivity contribution is 5.78.